The number of non-ortho nitro benzene ring substituents is 1. The van der Waals surface area contributed by atoms with Gasteiger partial charge < -0.3 is 19.7 Å². The fourth-order valence-corrected chi connectivity index (χ4v) is 7.24. The molecule has 1 amide bonds. The van der Waals surface area contributed by atoms with Crippen LogP contribution in [0, 0.1) is 16.0 Å². The Hall–Kier alpha value is -4.02. The number of hydrogen-bond acceptors (Lipinski definition) is 7. The van der Waals surface area contributed by atoms with Crippen molar-refractivity contribution in [1.29, 1.82) is 0 Å². The lowest BCUT2D eigenvalue weighted by atomic mass is 9.90. The van der Waals surface area contributed by atoms with Crippen LogP contribution in [-0.2, 0) is 16.4 Å². The van der Waals surface area contributed by atoms with Crippen LogP contribution in [-0.4, -0.2) is 60.7 Å². The third-order valence-corrected chi connectivity index (χ3v) is 10.6. The highest BCUT2D eigenvalue weighted by Crippen LogP contribution is 2.30. The van der Waals surface area contributed by atoms with Gasteiger partial charge in [-0.1, -0.05) is 72.8 Å². The number of likely N-dealkylation sites (tertiary alicyclic amines) is 1. The molecule has 2 unspecified atom stereocenters. The number of amides is 1. The molecule has 1 saturated heterocycles. The minimum absolute atomic E-state index is 0.0406. The second-order valence-electron chi connectivity index (χ2n) is 11.5. The molecule has 1 aliphatic heterocycles. The Morgan fingerprint density at radius 2 is 1.61 bits per heavy atom. The Bertz CT molecular complexity index is 1490. The van der Waals surface area contributed by atoms with Gasteiger partial charge in [0.2, 0.25) is 0 Å². The summed E-state index contributed by atoms with van der Waals surface area (Å²) in [4.78, 5) is 26.0. The van der Waals surface area contributed by atoms with Gasteiger partial charge in [0, 0.05) is 25.2 Å². The molecule has 9 nitrogen and oxygen atoms in total. The van der Waals surface area contributed by atoms with Crippen molar-refractivity contribution >= 4 is 21.6 Å². The Morgan fingerprint density at radius 1 is 1.00 bits per heavy atom. The average molecular weight is 619 g/mol. The molecule has 2 atom stereocenters. The highest BCUT2D eigenvalue weighted by Gasteiger charge is 2.28. The van der Waals surface area contributed by atoms with Crippen LogP contribution in [0.3, 0.4) is 0 Å². The smallest absolute Gasteiger partial charge is 0.269 e. The van der Waals surface area contributed by atoms with E-state index in [4.69, 9.17) is 0 Å². The van der Waals surface area contributed by atoms with Crippen molar-refractivity contribution < 1.29 is 23.2 Å². The lowest BCUT2D eigenvalue weighted by Crippen LogP contribution is -2.40. The summed E-state index contributed by atoms with van der Waals surface area (Å²) in [6, 6.07) is 24.7. The number of nitrogens with zero attached hydrogens (tertiary/aromatic N) is 3. The van der Waals surface area contributed by atoms with Crippen molar-refractivity contribution in [3.63, 3.8) is 0 Å². The maximum Gasteiger partial charge on any atom is 0.269 e. The van der Waals surface area contributed by atoms with E-state index in [0.29, 0.717) is 22.8 Å². The molecule has 0 aromatic heterocycles. The predicted molar refractivity (Wildman–Crippen MR) is 169 cm³/mol. The molecule has 0 radical (unpaired) electrons. The van der Waals surface area contributed by atoms with Gasteiger partial charge in [-0.2, -0.15) is 0 Å². The fourth-order valence-electron chi connectivity index (χ4n) is 5.75. The summed E-state index contributed by atoms with van der Waals surface area (Å²) in [6.45, 7) is 4.80. The largest absolute Gasteiger partial charge is 0.530 e. The van der Waals surface area contributed by atoms with Crippen LogP contribution in [0.15, 0.2) is 102 Å². The molecule has 1 aliphatic rings. The highest BCUT2D eigenvalue weighted by atomic mass is 32.2. The number of carbonyl (C=O) groups excluding carboxylic acids is 1. The third-order valence-electron chi connectivity index (χ3n) is 8.43. The summed E-state index contributed by atoms with van der Waals surface area (Å²) in [7, 11) is -3.43. The number of sulfone groups is 1. The van der Waals surface area contributed by atoms with E-state index in [0.717, 1.165) is 44.5 Å². The zero-order valence-electron chi connectivity index (χ0n) is 25.0. The SMILES string of the molecule is CC(CC(CCN1CCC(C=CCN(Cc2ccc([N+](=O)[O-])cc2)C(=O)[O-])CC1)c1ccccc1)S(=O)(=O)c1ccccc1. The molecular weight excluding hydrogens is 578 g/mol. The number of nitro groups is 1. The maximum absolute atomic E-state index is 13.3. The zero-order valence-corrected chi connectivity index (χ0v) is 25.8. The molecule has 0 N–H and O–H groups in total. The van der Waals surface area contributed by atoms with E-state index in [-0.39, 0.29) is 24.7 Å². The predicted octanol–water partition coefficient (Wildman–Crippen LogP) is 5.43. The number of carbonyl (C=O) groups is 1. The van der Waals surface area contributed by atoms with E-state index < -0.39 is 26.1 Å². The van der Waals surface area contributed by atoms with Crippen LogP contribution >= 0.6 is 0 Å². The van der Waals surface area contributed by atoms with E-state index in [1.54, 1.807) is 36.4 Å². The first-order valence-electron chi connectivity index (χ1n) is 15.1. The summed E-state index contributed by atoms with van der Waals surface area (Å²) >= 11 is 0. The van der Waals surface area contributed by atoms with Gasteiger partial charge >= 0.3 is 0 Å². The monoisotopic (exact) mass is 618 g/mol. The first-order valence-corrected chi connectivity index (χ1v) is 16.6. The molecule has 0 aliphatic carbocycles. The van der Waals surface area contributed by atoms with Crippen LogP contribution in [0.4, 0.5) is 10.5 Å². The Balaban J connectivity index is 1.27. The van der Waals surface area contributed by atoms with Crippen molar-refractivity contribution in [2.75, 3.05) is 26.2 Å². The molecule has 0 spiro atoms. The molecule has 10 heteroatoms. The summed E-state index contributed by atoms with van der Waals surface area (Å²) in [5, 5.41) is 22.0. The zero-order chi connectivity index (χ0) is 31.5. The van der Waals surface area contributed by atoms with E-state index in [1.165, 1.54) is 17.0 Å². The van der Waals surface area contributed by atoms with Gasteiger partial charge in [0.25, 0.3) is 5.69 Å². The first kappa shape index (κ1) is 32.9. The molecule has 44 heavy (non-hydrogen) atoms. The van der Waals surface area contributed by atoms with Gasteiger partial charge in [-0.05, 0) is 87.3 Å². The Labute approximate surface area is 259 Å². The van der Waals surface area contributed by atoms with Crippen molar-refractivity contribution in [3.8, 4) is 0 Å². The topological polar surface area (TPSA) is 124 Å². The molecule has 0 saturated carbocycles. The molecule has 3 aromatic carbocycles. The molecule has 234 valence electrons. The molecule has 4 rings (SSSR count). The van der Waals surface area contributed by atoms with Crippen molar-refractivity contribution in [2.45, 2.75) is 55.2 Å². The van der Waals surface area contributed by atoms with Crippen LogP contribution in [0.1, 0.15) is 49.7 Å². The number of rotatable bonds is 14. The number of nitro benzene ring substituents is 1. The molecule has 1 fully saturated rings. The standard InChI is InChI=1S/C34H41N3O6S/c1-27(44(42,43)33-12-6-3-7-13-33)25-31(30-10-4-2-5-11-30)20-24-35-22-18-28(19-23-35)9-8-21-36(34(38)39)26-29-14-16-32(17-15-29)37(40)41/h2-17,27-28,31H,18-26H2,1H3,(H,38,39)/p-1. The summed E-state index contributed by atoms with van der Waals surface area (Å²) in [5.41, 5.74) is 1.77. The van der Waals surface area contributed by atoms with Gasteiger partial charge in [-0.15, -0.1) is 0 Å². The third kappa shape index (κ3) is 9.24. The fraction of sp³-hybridized carbons (Fsp3) is 0.382. The molecular formula is C34H40N3O6S-. The Kier molecular flexibility index (Phi) is 11.7. The van der Waals surface area contributed by atoms with Gasteiger partial charge in [-0.3, -0.25) is 10.1 Å². The van der Waals surface area contributed by atoms with Crippen LogP contribution in [0.5, 0.6) is 0 Å². The number of hydrogen-bond donors (Lipinski definition) is 0. The molecule has 0 bridgehead atoms. The minimum Gasteiger partial charge on any atom is -0.530 e. The number of carboxylic acid groups (broad SMARTS) is 1. The van der Waals surface area contributed by atoms with Crippen molar-refractivity contribution in [1.82, 2.24) is 9.80 Å². The van der Waals surface area contributed by atoms with E-state index in [2.05, 4.69) is 23.1 Å². The minimum atomic E-state index is -3.43. The summed E-state index contributed by atoms with van der Waals surface area (Å²) < 4.78 is 26.5. The second kappa shape index (κ2) is 15.6. The van der Waals surface area contributed by atoms with Crippen molar-refractivity contribution in [3.05, 3.63) is 118 Å². The van der Waals surface area contributed by atoms with E-state index in [9.17, 15) is 28.4 Å². The van der Waals surface area contributed by atoms with Crippen LogP contribution in [0.2, 0.25) is 0 Å². The lowest BCUT2D eigenvalue weighted by molar-refractivity contribution is -0.384. The number of allylic oxidation sites excluding steroid dienone is 1. The lowest BCUT2D eigenvalue weighted by Gasteiger charge is -2.32. The van der Waals surface area contributed by atoms with Crippen molar-refractivity contribution in [2.24, 2.45) is 5.92 Å². The molecule has 3 aromatic rings. The second-order valence-corrected chi connectivity index (χ2v) is 13.8. The summed E-state index contributed by atoms with van der Waals surface area (Å²) in [6.07, 6.45) is 5.98. The summed E-state index contributed by atoms with van der Waals surface area (Å²) in [5.74, 6) is 0.462. The quantitative estimate of drug-likeness (QED) is 0.134. The van der Waals surface area contributed by atoms with Gasteiger partial charge in [0.1, 0.15) is 6.09 Å². The van der Waals surface area contributed by atoms with E-state index >= 15 is 0 Å². The number of benzene rings is 3. The highest BCUT2D eigenvalue weighted by molar-refractivity contribution is 7.92. The normalized spacial score (nSPS) is 16.0. The molecule has 1 heterocycles. The average Bonchev–Trinajstić information content (AvgIpc) is 3.04. The maximum atomic E-state index is 13.3. The Morgan fingerprint density at radius 3 is 2.20 bits per heavy atom. The first-order chi connectivity index (χ1) is 21.1. The van der Waals surface area contributed by atoms with Gasteiger partial charge in [-0.25, -0.2) is 8.42 Å². The van der Waals surface area contributed by atoms with Crippen LogP contribution < -0.4 is 5.11 Å². The van der Waals surface area contributed by atoms with E-state index in [1.807, 2.05) is 37.3 Å². The number of piperidine rings is 1. The van der Waals surface area contributed by atoms with Gasteiger partial charge in [0.15, 0.2) is 9.84 Å². The van der Waals surface area contributed by atoms with Crippen LogP contribution in [0.25, 0.3) is 0 Å². The van der Waals surface area contributed by atoms with Gasteiger partial charge in [0.05, 0.1) is 15.1 Å².